The number of hydrogen-bond donors (Lipinski definition) is 1. The second-order valence-corrected chi connectivity index (χ2v) is 8.21. The first-order valence-corrected chi connectivity index (χ1v) is 9.56. The molecule has 0 aromatic heterocycles. The Balaban J connectivity index is 1.94. The van der Waals surface area contributed by atoms with E-state index in [4.69, 9.17) is 11.6 Å². The highest BCUT2D eigenvalue weighted by atomic mass is 35.5. The minimum absolute atomic E-state index is 0.0196. The predicted octanol–water partition coefficient (Wildman–Crippen LogP) is 3.75. The topological polar surface area (TPSA) is 89.3 Å². The maximum absolute atomic E-state index is 11.8. The summed E-state index contributed by atoms with van der Waals surface area (Å²) in [4.78, 5) is 10.1. The number of nitrogens with one attached hydrogen (secondary N) is 1. The average molecular weight is 367 g/mol. The molecule has 1 aliphatic rings. The molecule has 0 amide bonds. The van der Waals surface area contributed by atoms with Crippen molar-refractivity contribution in [2.75, 3.05) is 11.6 Å². The summed E-state index contributed by atoms with van der Waals surface area (Å²) in [6.45, 7) is 0. The smallest absolute Gasteiger partial charge is 0.288 e. The lowest BCUT2D eigenvalue weighted by atomic mass is 10.1. The van der Waals surface area contributed by atoms with Gasteiger partial charge in [0.2, 0.25) is 0 Å². The van der Waals surface area contributed by atoms with Crippen LogP contribution in [0.1, 0.15) is 23.6 Å². The Hall–Kier alpha value is -2.12. The molecular formula is C16H15ClN2O4S. The lowest BCUT2D eigenvalue weighted by molar-refractivity contribution is -0.387. The zero-order valence-electron chi connectivity index (χ0n) is 12.8. The van der Waals surface area contributed by atoms with Crippen LogP contribution in [-0.4, -0.2) is 19.6 Å². The van der Waals surface area contributed by atoms with Gasteiger partial charge in [0.05, 0.1) is 11.0 Å². The van der Waals surface area contributed by atoms with Crippen LogP contribution in [0.3, 0.4) is 0 Å². The van der Waals surface area contributed by atoms with E-state index in [-0.39, 0.29) is 10.9 Å². The number of sulfone groups is 1. The van der Waals surface area contributed by atoms with Crippen LogP contribution >= 0.6 is 11.6 Å². The monoisotopic (exact) mass is 366 g/mol. The predicted molar refractivity (Wildman–Crippen MR) is 92.3 cm³/mol. The molecular weight excluding hydrogens is 352 g/mol. The van der Waals surface area contributed by atoms with E-state index in [0.29, 0.717) is 10.7 Å². The second kappa shape index (κ2) is 6.07. The number of fused-ring (bicyclic) bond motifs is 1. The van der Waals surface area contributed by atoms with Crippen molar-refractivity contribution in [2.24, 2.45) is 0 Å². The van der Waals surface area contributed by atoms with Gasteiger partial charge in [-0.2, -0.15) is 0 Å². The number of anilines is 1. The van der Waals surface area contributed by atoms with Gasteiger partial charge in [0, 0.05) is 23.0 Å². The molecule has 2 aromatic carbocycles. The zero-order chi connectivity index (χ0) is 17.5. The molecule has 8 heteroatoms. The third-order valence-corrected chi connectivity index (χ3v) is 5.44. The van der Waals surface area contributed by atoms with Gasteiger partial charge in [-0.05, 0) is 48.2 Å². The third kappa shape index (κ3) is 3.22. The Morgan fingerprint density at radius 1 is 1.25 bits per heavy atom. The molecule has 0 saturated carbocycles. The number of aryl methyl sites for hydroxylation is 1. The van der Waals surface area contributed by atoms with Crippen LogP contribution in [-0.2, 0) is 16.3 Å². The first-order valence-electron chi connectivity index (χ1n) is 7.29. The SMILES string of the molecule is CS(=O)(=O)c1cc(NC2CCc3cc(Cl)ccc32)ccc1[N+](=O)[O-]. The fourth-order valence-corrected chi connectivity index (χ4v) is 4.05. The Kier molecular flexibility index (Phi) is 4.23. The first kappa shape index (κ1) is 16.7. The van der Waals surface area contributed by atoms with Crippen LogP contribution < -0.4 is 5.32 Å². The Morgan fingerprint density at radius 2 is 2.00 bits per heavy atom. The highest BCUT2D eigenvalue weighted by Crippen LogP contribution is 2.36. The van der Waals surface area contributed by atoms with Gasteiger partial charge < -0.3 is 5.32 Å². The van der Waals surface area contributed by atoms with E-state index in [9.17, 15) is 18.5 Å². The molecule has 6 nitrogen and oxygen atoms in total. The molecule has 1 aliphatic carbocycles. The molecule has 1 unspecified atom stereocenters. The van der Waals surface area contributed by atoms with Crippen molar-refractivity contribution in [2.45, 2.75) is 23.8 Å². The molecule has 3 rings (SSSR count). The number of benzene rings is 2. The summed E-state index contributed by atoms with van der Waals surface area (Å²) in [6, 6.07) is 9.78. The van der Waals surface area contributed by atoms with Gasteiger partial charge in [-0.25, -0.2) is 8.42 Å². The molecule has 126 valence electrons. The Morgan fingerprint density at radius 3 is 2.67 bits per heavy atom. The van der Waals surface area contributed by atoms with Gasteiger partial charge in [0.15, 0.2) is 9.84 Å². The van der Waals surface area contributed by atoms with Crippen LogP contribution in [0.5, 0.6) is 0 Å². The highest BCUT2D eigenvalue weighted by Gasteiger charge is 2.25. The van der Waals surface area contributed by atoms with Crippen molar-refractivity contribution >= 4 is 32.8 Å². The number of nitro benzene ring substituents is 1. The number of halogens is 1. The molecule has 2 aromatic rings. The summed E-state index contributed by atoms with van der Waals surface area (Å²) in [5.41, 5.74) is 2.39. The van der Waals surface area contributed by atoms with E-state index in [0.717, 1.165) is 30.2 Å². The molecule has 0 saturated heterocycles. The van der Waals surface area contributed by atoms with E-state index >= 15 is 0 Å². The molecule has 0 heterocycles. The third-order valence-electron chi connectivity index (χ3n) is 4.08. The maximum Gasteiger partial charge on any atom is 0.288 e. The Labute approximate surface area is 144 Å². The minimum atomic E-state index is -3.70. The molecule has 1 N–H and O–H groups in total. The van der Waals surface area contributed by atoms with E-state index < -0.39 is 20.4 Å². The second-order valence-electron chi connectivity index (χ2n) is 5.79. The van der Waals surface area contributed by atoms with Crippen LogP contribution in [0.15, 0.2) is 41.3 Å². The minimum Gasteiger partial charge on any atom is -0.378 e. The molecule has 0 aliphatic heterocycles. The highest BCUT2D eigenvalue weighted by molar-refractivity contribution is 7.90. The van der Waals surface area contributed by atoms with Crippen molar-refractivity contribution in [1.82, 2.24) is 0 Å². The lowest BCUT2D eigenvalue weighted by Gasteiger charge is -2.16. The number of rotatable bonds is 4. The van der Waals surface area contributed by atoms with E-state index in [1.807, 2.05) is 18.2 Å². The normalized spacial score (nSPS) is 16.7. The molecule has 0 radical (unpaired) electrons. The maximum atomic E-state index is 11.8. The average Bonchev–Trinajstić information content (AvgIpc) is 2.88. The molecule has 0 spiro atoms. The summed E-state index contributed by atoms with van der Waals surface area (Å²) in [6.07, 6.45) is 2.69. The number of nitrogens with zero attached hydrogens (tertiary/aromatic N) is 1. The Bertz CT molecular complexity index is 928. The van der Waals surface area contributed by atoms with E-state index in [1.54, 1.807) is 0 Å². The molecule has 0 bridgehead atoms. The van der Waals surface area contributed by atoms with Gasteiger partial charge >= 0.3 is 0 Å². The van der Waals surface area contributed by atoms with E-state index in [2.05, 4.69) is 5.32 Å². The fourth-order valence-electron chi connectivity index (χ4n) is 2.99. The summed E-state index contributed by atoms with van der Waals surface area (Å²) < 4.78 is 23.7. The van der Waals surface area contributed by atoms with Gasteiger partial charge in [-0.3, -0.25) is 10.1 Å². The zero-order valence-corrected chi connectivity index (χ0v) is 14.4. The molecule has 24 heavy (non-hydrogen) atoms. The summed E-state index contributed by atoms with van der Waals surface area (Å²) >= 11 is 6.00. The van der Waals surface area contributed by atoms with Crippen molar-refractivity contribution in [3.8, 4) is 0 Å². The van der Waals surface area contributed by atoms with Gasteiger partial charge in [0.25, 0.3) is 5.69 Å². The molecule has 0 fully saturated rings. The van der Waals surface area contributed by atoms with Gasteiger partial charge in [-0.15, -0.1) is 0 Å². The molecule has 1 atom stereocenters. The number of hydrogen-bond acceptors (Lipinski definition) is 5. The standard InChI is InChI=1S/C16H15ClN2O4S/c1-24(22,23)16-9-12(4-7-15(16)19(20)21)18-14-6-2-10-8-11(17)3-5-13(10)14/h3-5,7-9,14,18H,2,6H2,1H3. The first-order chi connectivity index (χ1) is 11.3. The summed E-state index contributed by atoms with van der Waals surface area (Å²) in [7, 11) is -3.70. The van der Waals surface area contributed by atoms with Crippen LogP contribution in [0.4, 0.5) is 11.4 Å². The van der Waals surface area contributed by atoms with Crippen molar-refractivity contribution in [3.63, 3.8) is 0 Å². The summed E-state index contributed by atoms with van der Waals surface area (Å²) in [5, 5.41) is 15.0. The lowest BCUT2D eigenvalue weighted by Crippen LogP contribution is -2.09. The summed E-state index contributed by atoms with van der Waals surface area (Å²) in [5.74, 6) is 0. The van der Waals surface area contributed by atoms with Crippen LogP contribution in [0.25, 0.3) is 0 Å². The quantitative estimate of drug-likeness (QED) is 0.657. The van der Waals surface area contributed by atoms with Crippen molar-refractivity contribution in [3.05, 3.63) is 62.7 Å². The largest absolute Gasteiger partial charge is 0.378 e. The van der Waals surface area contributed by atoms with Crippen LogP contribution in [0.2, 0.25) is 5.02 Å². The van der Waals surface area contributed by atoms with E-state index in [1.165, 1.54) is 18.2 Å². The fraction of sp³-hybridized carbons (Fsp3) is 0.250. The van der Waals surface area contributed by atoms with Crippen molar-refractivity contribution < 1.29 is 13.3 Å². The van der Waals surface area contributed by atoms with Crippen LogP contribution in [0, 0.1) is 10.1 Å². The van der Waals surface area contributed by atoms with Gasteiger partial charge in [-0.1, -0.05) is 17.7 Å². The van der Waals surface area contributed by atoms with Crippen molar-refractivity contribution in [1.29, 1.82) is 0 Å². The number of nitro groups is 1. The van der Waals surface area contributed by atoms with Gasteiger partial charge in [0.1, 0.15) is 4.90 Å².